The summed E-state index contributed by atoms with van der Waals surface area (Å²) in [7, 11) is -3.92. The predicted octanol–water partition coefficient (Wildman–Crippen LogP) is -0.535. The highest BCUT2D eigenvalue weighted by atomic mass is 32.2. The summed E-state index contributed by atoms with van der Waals surface area (Å²) in [6.07, 6.45) is 0. The number of hydrogen-bond acceptors (Lipinski definition) is 4. The first-order valence-electron chi connectivity index (χ1n) is 4.05. The summed E-state index contributed by atoms with van der Waals surface area (Å²) in [6.45, 7) is -0.425. The van der Waals surface area contributed by atoms with Crippen LogP contribution in [0.4, 0.5) is 4.39 Å². The number of benzene rings is 1. The van der Waals surface area contributed by atoms with E-state index in [1.165, 1.54) is 6.07 Å². The molecule has 0 heterocycles. The van der Waals surface area contributed by atoms with Crippen molar-refractivity contribution < 1.29 is 17.9 Å². The number of sulfonamides is 1. The highest BCUT2D eigenvalue weighted by molar-refractivity contribution is 7.89. The second-order valence-corrected chi connectivity index (χ2v) is 4.58. The van der Waals surface area contributed by atoms with Crippen LogP contribution in [0.3, 0.4) is 0 Å². The molecule has 0 radical (unpaired) electrons. The van der Waals surface area contributed by atoms with E-state index < -0.39 is 28.5 Å². The molecule has 1 aromatic carbocycles. The molecule has 15 heavy (non-hydrogen) atoms. The van der Waals surface area contributed by atoms with E-state index >= 15 is 0 Å². The molecule has 1 aromatic rings. The second-order valence-electron chi connectivity index (χ2n) is 3.02. The zero-order valence-corrected chi connectivity index (χ0v) is 8.54. The molecule has 5 N–H and O–H groups in total. The van der Waals surface area contributed by atoms with Crippen molar-refractivity contribution >= 4 is 10.0 Å². The Hall–Kier alpha value is -1.02. The topological polar surface area (TPSA) is 106 Å². The highest BCUT2D eigenvalue weighted by Crippen LogP contribution is 2.18. The first-order chi connectivity index (χ1) is 6.86. The van der Waals surface area contributed by atoms with Gasteiger partial charge in [0.15, 0.2) is 0 Å². The number of primary sulfonamides is 1. The molecule has 0 aliphatic heterocycles. The molecule has 0 aromatic heterocycles. The summed E-state index contributed by atoms with van der Waals surface area (Å²) in [5.74, 6) is -0.803. The van der Waals surface area contributed by atoms with E-state index in [2.05, 4.69) is 0 Å². The van der Waals surface area contributed by atoms with E-state index in [0.29, 0.717) is 0 Å². The van der Waals surface area contributed by atoms with Crippen LogP contribution in [0.2, 0.25) is 0 Å². The Kier molecular flexibility index (Phi) is 3.40. The third-order valence-corrected chi connectivity index (χ3v) is 2.81. The average Bonchev–Trinajstić information content (AvgIpc) is 2.15. The van der Waals surface area contributed by atoms with Crippen LogP contribution in [-0.4, -0.2) is 20.1 Å². The van der Waals surface area contributed by atoms with Crippen LogP contribution in [0.5, 0.6) is 0 Å². The maximum atomic E-state index is 13.3. The summed E-state index contributed by atoms with van der Waals surface area (Å²) in [6, 6.07) is 2.24. The molecule has 0 fully saturated rings. The van der Waals surface area contributed by atoms with Crippen LogP contribution in [0.1, 0.15) is 11.6 Å². The van der Waals surface area contributed by atoms with Gasteiger partial charge in [-0.2, -0.15) is 0 Å². The Morgan fingerprint density at radius 3 is 2.47 bits per heavy atom. The standard InChI is InChI=1S/C8H11FN2O3S/c9-7-3-5(15(11,13)14)1-2-6(7)8(10)4-12/h1-3,8,12H,4,10H2,(H2,11,13,14)/t8-/m1/s1. The number of halogens is 1. The van der Waals surface area contributed by atoms with E-state index in [0.717, 1.165) is 12.1 Å². The fourth-order valence-electron chi connectivity index (χ4n) is 1.08. The lowest BCUT2D eigenvalue weighted by Crippen LogP contribution is -2.17. The zero-order valence-electron chi connectivity index (χ0n) is 7.72. The smallest absolute Gasteiger partial charge is 0.238 e. The number of nitrogens with two attached hydrogens (primary N) is 2. The van der Waals surface area contributed by atoms with Crippen LogP contribution in [0.15, 0.2) is 23.1 Å². The molecule has 0 bridgehead atoms. The minimum absolute atomic E-state index is 0.0462. The van der Waals surface area contributed by atoms with E-state index in [-0.39, 0.29) is 10.5 Å². The molecule has 1 rings (SSSR count). The van der Waals surface area contributed by atoms with Gasteiger partial charge < -0.3 is 10.8 Å². The Balaban J connectivity index is 3.20. The Morgan fingerprint density at radius 1 is 1.47 bits per heavy atom. The number of hydrogen-bond donors (Lipinski definition) is 3. The maximum absolute atomic E-state index is 13.3. The van der Waals surface area contributed by atoms with Gasteiger partial charge in [-0.3, -0.25) is 0 Å². The minimum Gasteiger partial charge on any atom is -0.394 e. The fraction of sp³-hybridized carbons (Fsp3) is 0.250. The van der Waals surface area contributed by atoms with Crippen molar-refractivity contribution in [2.75, 3.05) is 6.61 Å². The van der Waals surface area contributed by atoms with Crippen LogP contribution in [0.25, 0.3) is 0 Å². The van der Waals surface area contributed by atoms with Crippen LogP contribution >= 0.6 is 0 Å². The van der Waals surface area contributed by atoms with Crippen molar-refractivity contribution in [2.45, 2.75) is 10.9 Å². The summed E-state index contributed by atoms with van der Waals surface area (Å²) in [4.78, 5) is -0.325. The van der Waals surface area contributed by atoms with E-state index in [1.807, 2.05) is 0 Å². The molecule has 0 aliphatic carbocycles. The summed E-state index contributed by atoms with van der Waals surface area (Å²) in [5, 5.41) is 13.5. The monoisotopic (exact) mass is 234 g/mol. The Labute approximate surface area is 86.6 Å². The molecule has 0 amide bonds. The molecule has 0 saturated heterocycles. The van der Waals surface area contributed by atoms with Crippen LogP contribution in [0, 0.1) is 5.82 Å². The minimum atomic E-state index is -3.92. The van der Waals surface area contributed by atoms with Gasteiger partial charge in [0.25, 0.3) is 0 Å². The largest absolute Gasteiger partial charge is 0.394 e. The molecule has 1 atom stereocenters. The number of aliphatic hydroxyl groups is 1. The summed E-state index contributed by atoms with van der Waals surface area (Å²) < 4.78 is 35.0. The molecule has 0 unspecified atom stereocenters. The summed E-state index contributed by atoms with van der Waals surface area (Å²) >= 11 is 0. The number of rotatable bonds is 3. The van der Waals surface area contributed by atoms with Gasteiger partial charge in [0.05, 0.1) is 17.5 Å². The van der Waals surface area contributed by atoms with Crippen molar-refractivity contribution in [1.29, 1.82) is 0 Å². The summed E-state index contributed by atoms with van der Waals surface area (Å²) in [5.41, 5.74) is 5.43. The molecule has 5 nitrogen and oxygen atoms in total. The van der Waals surface area contributed by atoms with Gasteiger partial charge in [-0.1, -0.05) is 6.07 Å². The Morgan fingerprint density at radius 2 is 2.07 bits per heavy atom. The lowest BCUT2D eigenvalue weighted by Gasteiger charge is -2.10. The van der Waals surface area contributed by atoms with Crippen molar-refractivity contribution in [2.24, 2.45) is 10.9 Å². The average molecular weight is 234 g/mol. The van der Waals surface area contributed by atoms with Gasteiger partial charge in [0.2, 0.25) is 10.0 Å². The molecule has 0 spiro atoms. The van der Waals surface area contributed by atoms with E-state index in [1.54, 1.807) is 0 Å². The quantitative estimate of drug-likeness (QED) is 0.653. The first kappa shape index (κ1) is 12.1. The fourth-order valence-corrected chi connectivity index (χ4v) is 1.61. The van der Waals surface area contributed by atoms with Crippen molar-refractivity contribution in [3.63, 3.8) is 0 Å². The predicted molar refractivity (Wildman–Crippen MR) is 51.8 cm³/mol. The molecular weight excluding hydrogens is 223 g/mol. The molecule has 0 aliphatic rings. The van der Waals surface area contributed by atoms with Gasteiger partial charge in [-0.25, -0.2) is 17.9 Å². The van der Waals surface area contributed by atoms with Gasteiger partial charge >= 0.3 is 0 Å². The van der Waals surface area contributed by atoms with E-state index in [4.69, 9.17) is 16.0 Å². The van der Waals surface area contributed by atoms with Gasteiger partial charge in [0, 0.05) is 5.56 Å². The molecule has 0 saturated carbocycles. The number of aliphatic hydroxyl groups excluding tert-OH is 1. The van der Waals surface area contributed by atoms with Gasteiger partial charge in [0.1, 0.15) is 5.82 Å². The third kappa shape index (κ3) is 2.72. The van der Waals surface area contributed by atoms with Crippen LogP contribution < -0.4 is 10.9 Å². The van der Waals surface area contributed by atoms with Gasteiger partial charge in [-0.05, 0) is 12.1 Å². The molecule has 7 heteroatoms. The van der Waals surface area contributed by atoms with Crippen LogP contribution in [-0.2, 0) is 10.0 Å². The SMILES string of the molecule is N[C@H](CO)c1ccc(S(N)(=O)=O)cc1F. The highest BCUT2D eigenvalue weighted by Gasteiger charge is 2.14. The van der Waals surface area contributed by atoms with Gasteiger partial charge in [-0.15, -0.1) is 0 Å². The molecular formula is C8H11FN2O3S. The van der Waals surface area contributed by atoms with Crippen molar-refractivity contribution in [3.8, 4) is 0 Å². The Bertz CT molecular complexity index is 461. The van der Waals surface area contributed by atoms with E-state index in [9.17, 15) is 12.8 Å². The molecule has 84 valence electrons. The maximum Gasteiger partial charge on any atom is 0.238 e. The normalized spacial score (nSPS) is 13.9. The van der Waals surface area contributed by atoms with Crippen molar-refractivity contribution in [3.05, 3.63) is 29.6 Å². The second kappa shape index (κ2) is 4.23. The lowest BCUT2D eigenvalue weighted by atomic mass is 10.1. The first-order valence-corrected chi connectivity index (χ1v) is 5.59. The zero-order chi connectivity index (χ0) is 11.6. The van der Waals surface area contributed by atoms with Crippen molar-refractivity contribution in [1.82, 2.24) is 0 Å². The third-order valence-electron chi connectivity index (χ3n) is 1.90. The lowest BCUT2D eigenvalue weighted by molar-refractivity contribution is 0.265.